The van der Waals surface area contributed by atoms with Gasteiger partial charge in [0.05, 0.1) is 11.4 Å². The zero-order chi connectivity index (χ0) is 13.9. The molecular weight excluding hydrogens is 244 g/mol. The number of aryl methyl sites for hydroxylation is 1. The zero-order valence-corrected chi connectivity index (χ0v) is 12.6. The van der Waals surface area contributed by atoms with E-state index in [9.17, 15) is 0 Å². The number of H-pyrrole nitrogens is 1. The maximum atomic E-state index is 4.77. The number of nitrogens with one attached hydrogen (secondary N) is 1. The van der Waals surface area contributed by atoms with Crippen LogP contribution in [0.4, 0.5) is 0 Å². The first-order chi connectivity index (χ1) is 9.62. The molecule has 104 valence electrons. The molecule has 2 aliphatic rings. The highest BCUT2D eigenvalue weighted by Gasteiger charge is 2.47. The first-order valence-electron chi connectivity index (χ1n) is 7.84. The SMILES string of the molecule is Cc1nc2c([nH]1)C1(CCCC1)c1cc(C(C)C)ccc1-2. The molecule has 0 aliphatic heterocycles. The van der Waals surface area contributed by atoms with Crippen molar-refractivity contribution in [3.05, 3.63) is 40.8 Å². The number of rotatable bonds is 1. The normalized spacial score (nSPS) is 18.8. The van der Waals surface area contributed by atoms with Crippen LogP contribution >= 0.6 is 0 Å². The summed E-state index contributed by atoms with van der Waals surface area (Å²) in [7, 11) is 0. The fourth-order valence-electron chi connectivity index (χ4n) is 4.19. The first-order valence-corrected chi connectivity index (χ1v) is 7.84. The highest BCUT2D eigenvalue weighted by Crippen LogP contribution is 2.56. The minimum Gasteiger partial charge on any atom is -0.345 e. The Labute approximate surface area is 120 Å². The summed E-state index contributed by atoms with van der Waals surface area (Å²) in [5, 5.41) is 0. The molecular formula is C18H22N2. The summed E-state index contributed by atoms with van der Waals surface area (Å²) < 4.78 is 0. The molecule has 0 radical (unpaired) electrons. The zero-order valence-electron chi connectivity index (χ0n) is 12.6. The van der Waals surface area contributed by atoms with Crippen LogP contribution in [0.25, 0.3) is 11.3 Å². The first kappa shape index (κ1) is 12.2. The van der Waals surface area contributed by atoms with Gasteiger partial charge < -0.3 is 4.98 Å². The van der Waals surface area contributed by atoms with E-state index < -0.39 is 0 Å². The van der Waals surface area contributed by atoms with Crippen LogP contribution in [0.3, 0.4) is 0 Å². The van der Waals surface area contributed by atoms with Crippen LogP contribution < -0.4 is 0 Å². The van der Waals surface area contributed by atoms with Gasteiger partial charge >= 0.3 is 0 Å². The summed E-state index contributed by atoms with van der Waals surface area (Å²) in [5.74, 6) is 1.65. The Morgan fingerprint density at radius 1 is 1.20 bits per heavy atom. The maximum absolute atomic E-state index is 4.77. The van der Waals surface area contributed by atoms with Gasteiger partial charge in [0.25, 0.3) is 0 Å². The second kappa shape index (κ2) is 3.97. The Hall–Kier alpha value is -1.57. The molecule has 2 aliphatic carbocycles. The van der Waals surface area contributed by atoms with Gasteiger partial charge in [-0.1, -0.05) is 44.9 Å². The number of hydrogen-bond acceptors (Lipinski definition) is 1. The van der Waals surface area contributed by atoms with E-state index in [-0.39, 0.29) is 5.41 Å². The quantitative estimate of drug-likeness (QED) is 0.797. The van der Waals surface area contributed by atoms with E-state index in [0.29, 0.717) is 5.92 Å². The Balaban J connectivity index is 1.99. The third-order valence-corrected chi connectivity index (χ3v) is 5.24. The second-order valence-electron chi connectivity index (χ2n) is 6.79. The Morgan fingerprint density at radius 3 is 2.65 bits per heavy atom. The Kier molecular flexibility index (Phi) is 2.42. The van der Waals surface area contributed by atoms with E-state index in [0.717, 1.165) is 5.82 Å². The summed E-state index contributed by atoms with van der Waals surface area (Å²) in [5.41, 5.74) is 7.21. The smallest absolute Gasteiger partial charge is 0.103 e. The molecule has 20 heavy (non-hydrogen) atoms. The number of aromatic nitrogens is 2. The predicted molar refractivity (Wildman–Crippen MR) is 82.1 cm³/mol. The highest BCUT2D eigenvalue weighted by molar-refractivity contribution is 5.78. The summed E-state index contributed by atoms with van der Waals surface area (Å²) in [6.07, 6.45) is 5.22. The fourth-order valence-corrected chi connectivity index (χ4v) is 4.19. The molecule has 0 saturated heterocycles. The molecule has 1 heterocycles. The lowest BCUT2D eigenvalue weighted by molar-refractivity contribution is 0.533. The molecule has 0 bridgehead atoms. The summed E-state index contributed by atoms with van der Waals surface area (Å²) in [4.78, 5) is 8.34. The van der Waals surface area contributed by atoms with E-state index in [1.54, 1.807) is 0 Å². The number of nitrogens with zero attached hydrogens (tertiary/aromatic N) is 1. The highest BCUT2D eigenvalue weighted by atomic mass is 15.0. The topological polar surface area (TPSA) is 28.7 Å². The van der Waals surface area contributed by atoms with Gasteiger partial charge in [0, 0.05) is 11.0 Å². The van der Waals surface area contributed by atoms with Crippen molar-refractivity contribution in [3.63, 3.8) is 0 Å². The van der Waals surface area contributed by atoms with Gasteiger partial charge in [-0.05, 0) is 36.8 Å². The van der Waals surface area contributed by atoms with Gasteiger partial charge in [-0.25, -0.2) is 4.98 Å². The van der Waals surface area contributed by atoms with Gasteiger partial charge in [-0.15, -0.1) is 0 Å². The van der Waals surface area contributed by atoms with Crippen LogP contribution in [0.5, 0.6) is 0 Å². The van der Waals surface area contributed by atoms with Crippen LogP contribution in [0.2, 0.25) is 0 Å². The molecule has 0 unspecified atom stereocenters. The summed E-state index contributed by atoms with van der Waals surface area (Å²) >= 11 is 0. The van der Waals surface area contributed by atoms with Crippen LogP contribution in [0.1, 0.15) is 68.1 Å². The number of imidazole rings is 1. The molecule has 1 saturated carbocycles. The Bertz CT molecular complexity index is 673. The molecule has 2 nitrogen and oxygen atoms in total. The molecule has 2 aromatic rings. The standard InChI is InChI=1S/C18H22N2/c1-11(2)13-6-7-14-15(10-13)18(8-4-5-9-18)17-16(14)19-12(3)20-17/h6-7,10-11H,4-5,8-9H2,1-3H3,(H,19,20). The van der Waals surface area contributed by atoms with Crippen LogP contribution in [-0.4, -0.2) is 9.97 Å². The van der Waals surface area contributed by atoms with Crippen molar-refractivity contribution in [1.29, 1.82) is 0 Å². The number of hydrogen-bond donors (Lipinski definition) is 1. The van der Waals surface area contributed by atoms with E-state index in [4.69, 9.17) is 4.98 Å². The molecule has 1 N–H and O–H groups in total. The van der Waals surface area contributed by atoms with Crippen molar-refractivity contribution < 1.29 is 0 Å². The minimum atomic E-state index is 0.233. The van der Waals surface area contributed by atoms with Gasteiger partial charge in [-0.2, -0.15) is 0 Å². The van der Waals surface area contributed by atoms with Gasteiger partial charge in [0.2, 0.25) is 0 Å². The average molecular weight is 266 g/mol. The van der Waals surface area contributed by atoms with Crippen LogP contribution in [-0.2, 0) is 5.41 Å². The van der Waals surface area contributed by atoms with E-state index >= 15 is 0 Å². The lowest BCUT2D eigenvalue weighted by Gasteiger charge is -2.26. The monoisotopic (exact) mass is 266 g/mol. The lowest BCUT2D eigenvalue weighted by Crippen LogP contribution is -2.21. The third-order valence-electron chi connectivity index (χ3n) is 5.24. The van der Waals surface area contributed by atoms with E-state index in [1.807, 2.05) is 0 Å². The molecule has 0 atom stereocenters. The largest absolute Gasteiger partial charge is 0.345 e. The number of aromatic amines is 1. The summed E-state index contributed by atoms with van der Waals surface area (Å²) in [6.45, 7) is 6.63. The molecule has 2 heteroatoms. The molecule has 0 amide bonds. The second-order valence-corrected chi connectivity index (χ2v) is 6.79. The van der Waals surface area contributed by atoms with Crippen molar-refractivity contribution >= 4 is 0 Å². The maximum Gasteiger partial charge on any atom is 0.103 e. The third kappa shape index (κ3) is 1.42. The van der Waals surface area contributed by atoms with Crippen molar-refractivity contribution in [2.24, 2.45) is 0 Å². The van der Waals surface area contributed by atoms with Gasteiger partial charge in [-0.3, -0.25) is 0 Å². The minimum absolute atomic E-state index is 0.233. The van der Waals surface area contributed by atoms with Gasteiger partial charge in [0.15, 0.2) is 0 Å². The fraction of sp³-hybridized carbons (Fsp3) is 0.500. The molecule has 1 fully saturated rings. The predicted octanol–water partition coefficient (Wildman–Crippen LogP) is 4.68. The van der Waals surface area contributed by atoms with Crippen molar-refractivity contribution in [2.75, 3.05) is 0 Å². The number of benzene rings is 1. The molecule has 4 rings (SSSR count). The lowest BCUT2D eigenvalue weighted by atomic mass is 9.78. The van der Waals surface area contributed by atoms with Crippen LogP contribution in [0, 0.1) is 6.92 Å². The average Bonchev–Trinajstić information content (AvgIpc) is 3.09. The summed E-state index contributed by atoms with van der Waals surface area (Å²) in [6, 6.07) is 7.04. The van der Waals surface area contributed by atoms with Crippen molar-refractivity contribution in [3.8, 4) is 11.3 Å². The van der Waals surface area contributed by atoms with Crippen LogP contribution in [0.15, 0.2) is 18.2 Å². The molecule has 1 aromatic carbocycles. The van der Waals surface area contributed by atoms with E-state index in [2.05, 4.69) is 44.0 Å². The van der Waals surface area contributed by atoms with Crippen molar-refractivity contribution in [1.82, 2.24) is 9.97 Å². The van der Waals surface area contributed by atoms with Crippen molar-refractivity contribution in [2.45, 2.75) is 57.8 Å². The van der Waals surface area contributed by atoms with E-state index in [1.165, 1.54) is 53.8 Å². The molecule has 1 spiro atoms. The number of fused-ring (bicyclic) bond motifs is 5. The van der Waals surface area contributed by atoms with Gasteiger partial charge in [0.1, 0.15) is 5.82 Å². The Morgan fingerprint density at radius 2 is 1.95 bits per heavy atom. The molecule has 1 aromatic heterocycles.